The highest BCUT2D eigenvalue weighted by atomic mass is 19.1. The van der Waals surface area contributed by atoms with E-state index in [1.807, 2.05) is 30.1 Å². The molecule has 0 fully saturated rings. The van der Waals surface area contributed by atoms with Gasteiger partial charge in [-0.1, -0.05) is 30.3 Å². The van der Waals surface area contributed by atoms with E-state index < -0.39 is 11.9 Å². The van der Waals surface area contributed by atoms with E-state index in [1.165, 1.54) is 6.07 Å². The minimum absolute atomic E-state index is 0.301. The summed E-state index contributed by atoms with van der Waals surface area (Å²) in [6.07, 6.45) is -0.879. The predicted molar refractivity (Wildman–Crippen MR) is 78.9 cm³/mol. The molecule has 0 aromatic heterocycles. The van der Waals surface area contributed by atoms with Crippen molar-refractivity contribution in [2.24, 2.45) is 0 Å². The molecule has 0 saturated carbocycles. The molecule has 2 rings (SSSR count). The average Bonchev–Trinajstić information content (AvgIpc) is 2.47. The van der Waals surface area contributed by atoms with Gasteiger partial charge in [0.25, 0.3) is 0 Å². The second-order valence-corrected chi connectivity index (χ2v) is 5.05. The molecule has 108 valence electrons. The monoisotopic (exact) mass is 284 g/mol. The largest absolute Gasteiger partial charge is 0.387 e. The third kappa shape index (κ3) is 4.12. The van der Waals surface area contributed by atoms with Gasteiger partial charge in [-0.3, -0.25) is 4.90 Å². The van der Waals surface area contributed by atoms with Gasteiger partial charge >= 0.3 is 0 Å². The van der Waals surface area contributed by atoms with E-state index in [2.05, 4.69) is 6.07 Å². The minimum Gasteiger partial charge on any atom is -0.387 e. The molecule has 2 aromatic rings. The van der Waals surface area contributed by atoms with Gasteiger partial charge in [-0.15, -0.1) is 0 Å². The minimum atomic E-state index is -0.879. The first-order valence-corrected chi connectivity index (χ1v) is 6.70. The highest BCUT2D eigenvalue weighted by Crippen LogP contribution is 2.18. The molecule has 2 aromatic carbocycles. The van der Waals surface area contributed by atoms with Gasteiger partial charge in [0, 0.05) is 18.7 Å². The van der Waals surface area contributed by atoms with Crippen LogP contribution >= 0.6 is 0 Å². The summed E-state index contributed by atoms with van der Waals surface area (Å²) in [4.78, 5) is 1.90. The molecule has 0 heterocycles. The molecule has 21 heavy (non-hydrogen) atoms. The molecular formula is C17H17FN2O. The lowest BCUT2D eigenvalue weighted by Crippen LogP contribution is -2.24. The van der Waals surface area contributed by atoms with Crippen molar-refractivity contribution in [3.8, 4) is 6.07 Å². The Balaban J connectivity index is 2.00. The predicted octanol–water partition coefficient (Wildman–Crippen LogP) is 2.86. The number of rotatable bonds is 5. The molecule has 1 N–H and O–H groups in total. The van der Waals surface area contributed by atoms with Crippen LogP contribution in [0.3, 0.4) is 0 Å². The fourth-order valence-electron chi connectivity index (χ4n) is 2.25. The number of nitriles is 1. The van der Waals surface area contributed by atoms with Crippen LogP contribution in [-0.4, -0.2) is 23.6 Å². The van der Waals surface area contributed by atoms with Crippen LogP contribution < -0.4 is 0 Å². The molecule has 0 bridgehead atoms. The van der Waals surface area contributed by atoms with Crippen molar-refractivity contribution in [3.63, 3.8) is 0 Å². The lowest BCUT2D eigenvalue weighted by Gasteiger charge is -2.21. The maximum Gasteiger partial charge on any atom is 0.129 e. The van der Waals surface area contributed by atoms with Crippen LogP contribution in [0.15, 0.2) is 48.5 Å². The fraction of sp³-hybridized carbons (Fsp3) is 0.235. The Labute approximate surface area is 123 Å². The summed E-state index contributed by atoms with van der Waals surface area (Å²) < 4.78 is 13.6. The van der Waals surface area contributed by atoms with Crippen molar-refractivity contribution in [1.82, 2.24) is 4.90 Å². The number of benzene rings is 2. The van der Waals surface area contributed by atoms with Gasteiger partial charge in [0.2, 0.25) is 0 Å². The summed E-state index contributed by atoms with van der Waals surface area (Å²) in [5.74, 6) is -0.398. The second kappa shape index (κ2) is 6.98. The lowest BCUT2D eigenvalue weighted by atomic mass is 10.1. The molecule has 0 radical (unpaired) electrons. The van der Waals surface area contributed by atoms with Crippen molar-refractivity contribution < 1.29 is 9.50 Å². The van der Waals surface area contributed by atoms with Gasteiger partial charge in [-0.25, -0.2) is 4.39 Å². The number of aliphatic hydroxyl groups excluding tert-OH is 1. The first-order valence-electron chi connectivity index (χ1n) is 6.70. The molecule has 0 saturated heterocycles. The third-order valence-corrected chi connectivity index (χ3v) is 3.26. The zero-order chi connectivity index (χ0) is 15.2. The van der Waals surface area contributed by atoms with E-state index in [9.17, 15) is 9.50 Å². The summed E-state index contributed by atoms with van der Waals surface area (Å²) in [5.41, 5.74) is 1.89. The van der Waals surface area contributed by atoms with Gasteiger partial charge in [-0.05, 0) is 30.8 Å². The molecule has 0 spiro atoms. The van der Waals surface area contributed by atoms with E-state index >= 15 is 0 Å². The Kier molecular flexibility index (Phi) is 5.04. The highest BCUT2D eigenvalue weighted by molar-refractivity contribution is 5.32. The van der Waals surface area contributed by atoms with Crippen LogP contribution in [0.5, 0.6) is 0 Å². The number of hydrogen-bond acceptors (Lipinski definition) is 3. The van der Waals surface area contributed by atoms with Crippen molar-refractivity contribution in [2.45, 2.75) is 12.6 Å². The maximum atomic E-state index is 13.6. The Morgan fingerprint density at radius 1 is 1.24 bits per heavy atom. The number of nitrogens with zero attached hydrogens (tertiary/aromatic N) is 2. The molecule has 0 amide bonds. The van der Waals surface area contributed by atoms with Crippen molar-refractivity contribution in [2.75, 3.05) is 13.6 Å². The Hall–Kier alpha value is -2.22. The van der Waals surface area contributed by atoms with E-state index in [1.54, 1.807) is 24.3 Å². The lowest BCUT2D eigenvalue weighted by molar-refractivity contribution is 0.120. The maximum absolute atomic E-state index is 13.6. The molecule has 0 aliphatic carbocycles. The van der Waals surface area contributed by atoms with E-state index in [4.69, 9.17) is 5.26 Å². The molecule has 0 unspecified atom stereocenters. The van der Waals surface area contributed by atoms with Gasteiger partial charge in [0.1, 0.15) is 5.82 Å². The summed E-state index contributed by atoms with van der Waals surface area (Å²) >= 11 is 0. The summed E-state index contributed by atoms with van der Waals surface area (Å²) in [7, 11) is 1.85. The average molecular weight is 284 g/mol. The van der Waals surface area contributed by atoms with Crippen LogP contribution in [0.4, 0.5) is 4.39 Å². The number of halogens is 1. The number of aliphatic hydroxyl groups is 1. The van der Waals surface area contributed by atoms with Crippen molar-refractivity contribution in [1.29, 1.82) is 5.26 Å². The van der Waals surface area contributed by atoms with Crippen molar-refractivity contribution in [3.05, 3.63) is 71.0 Å². The standard InChI is InChI=1S/C17H17FN2O/c1-20(11-14-6-4-5-13(9-14)10-19)12-17(21)15-7-2-3-8-16(15)18/h2-9,17,21H,11-12H2,1H3/t17-/m1/s1. The van der Waals surface area contributed by atoms with Crippen LogP contribution in [0, 0.1) is 17.1 Å². The van der Waals surface area contributed by atoms with Crippen LogP contribution in [0.2, 0.25) is 0 Å². The Morgan fingerprint density at radius 3 is 2.71 bits per heavy atom. The third-order valence-electron chi connectivity index (χ3n) is 3.26. The summed E-state index contributed by atoms with van der Waals surface area (Å²) in [5, 5.41) is 19.0. The first-order chi connectivity index (χ1) is 10.1. The molecule has 0 aliphatic heterocycles. The van der Waals surface area contributed by atoms with Gasteiger partial charge in [0.15, 0.2) is 0 Å². The quantitative estimate of drug-likeness (QED) is 0.918. The van der Waals surface area contributed by atoms with E-state index in [-0.39, 0.29) is 0 Å². The zero-order valence-electron chi connectivity index (χ0n) is 11.8. The van der Waals surface area contributed by atoms with Gasteiger partial charge < -0.3 is 5.11 Å². The van der Waals surface area contributed by atoms with Crippen LogP contribution in [0.25, 0.3) is 0 Å². The van der Waals surface area contributed by atoms with Crippen LogP contribution in [0.1, 0.15) is 22.8 Å². The summed E-state index contributed by atoms with van der Waals surface area (Å²) in [6, 6.07) is 15.6. The SMILES string of the molecule is CN(Cc1cccc(C#N)c1)C[C@@H](O)c1ccccc1F. The van der Waals surface area contributed by atoms with Crippen molar-refractivity contribution >= 4 is 0 Å². The molecule has 1 atom stereocenters. The Morgan fingerprint density at radius 2 is 2.00 bits per heavy atom. The molecule has 0 aliphatic rings. The first kappa shape index (κ1) is 15.2. The molecule has 4 heteroatoms. The topological polar surface area (TPSA) is 47.3 Å². The highest BCUT2D eigenvalue weighted by Gasteiger charge is 2.14. The zero-order valence-corrected chi connectivity index (χ0v) is 11.8. The number of likely N-dealkylation sites (N-methyl/N-ethyl adjacent to an activating group) is 1. The normalized spacial score (nSPS) is 12.1. The van der Waals surface area contributed by atoms with Crippen LogP contribution in [-0.2, 0) is 6.54 Å². The number of hydrogen-bond donors (Lipinski definition) is 1. The molecular weight excluding hydrogens is 267 g/mol. The van der Waals surface area contributed by atoms with E-state index in [0.29, 0.717) is 24.2 Å². The van der Waals surface area contributed by atoms with Gasteiger partial charge in [0.05, 0.1) is 17.7 Å². The summed E-state index contributed by atoms with van der Waals surface area (Å²) in [6.45, 7) is 0.902. The molecule has 3 nitrogen and oxygen atoms in total. The smallest absolute Gasteiger partial charge is 0.129 e. The van der Waals surface area contributed by atoms with Gasteiger partial charge in [-0.2, -0.15) is 5.26 Å². The van der Waals surface area contributed by atoms with E-state index in [0.717, 1.165) is 5.56 Å². The second-order valence-electron chi connectivity index (χ2n) is 5.05. The fourth-order valence-corrected chi connectivity index (χ4v) is 2.25. The Bertz CT molecular complexity index is 651.